The summed E-state index contributed by atoms with van der Waals surface area (Å²) in [6.07, 6.45) is 5.79. The number of hydrogen-bond acceptors (Lipinski definition) is 12. The molecule has 0 fully saturated rings. The zero-order valence-electron chi connectivity index (χ0n) is 87.5. The van der Waals surface area contributed by atoms with Crippen LogP contribution in [0.2, 0.25) is 0 Å². The van der Waals surface area contributed by atoms with E-state index in [2.05, 4.69) is 375 Å². The molecule has 6 aromatic heterocycles. The van der Waals surface area contributed by atoms with Crippen molar-refractivity contribution < 1.29 is 78.5 Å². The molecule has 0 saturated carbocycles. The molecule has 9 nitrogen and oxygen atoms in total. The maximum Gasteiger partial charge on any atom is 0.127 e. The molecular formula is C128H133N6O3Pt3S3-3. The summed E-state index contributed by atoms with van der Waals surface area (Å²) in [7, 11) is 0. The number of aromatic nitrogens is 6. The summed E-state index contributed by atoms with van der Waals surface area (Å²) < 4.78 is 3.24. The van der Waals surface area contributed by atoms with E-state index in [1.54, 1.807) is 52.2 Å². The maximum absolute atomic E-state index is 10.8. The molecule has 0 unspecified atom stereocenters. The van der Waals surface area contributed by atoms with E-state index in [4.69, 9.17) is 29.9 Å². The molecule has 18 aromatic rings. The topological polar surface area (TPSA) is 138 Å². The van der Waals surface area contributed by atoms with Crippen LogP contribution in [0.4, 0.5) is 0 Å². The molecule has 12 aromatic carbocycles. The monoisotopic (exact) mass is 2480 g/mol. The molecule has 744 valence electrons. The van der Waals surface area contributed by atoms with Gasteiger partial charge in [0.1, 0.15) is 32.3 Å². The Morgan fingerprint density at radius 2 is 0.538 bits per heavy atom. The fraction of sp³-hybridized carbons (Fsp3) is 0.297. The number of hydrogen-bond donors (Lipinski definition) is 3. The van der Waals surface area contributed by atoms with Crippen molar-refractivity contribution in [3.63, 3.8) is 0 Å². The molecule has 0 saturated heterocycles. The molecule has 3 N–H and O–H groups in total. The quantitative estimate of drug-likeness (QED) is 0.0717. The van der Waals surface area contributed by atoms with Crippen LogP contribution in [-0.4, -0.2) is 45.2 Å². The van der Waals surface area contributed by atoms with E-state index in [-0.39, 0.29) is 108 Å². The maximum atomic E-state index is 10.8. The first kappa shape index (κ1) is 109. The molecule has 15 heteroatoms. The fourth-order valence-corrected chi connectivity index (χ4v) is 21.2. The normalized spacial score (nSPS) is 12.0. The van der Waals surface area contributed by atoms with E-state index >= 15 is 0 Å². The molecule has 0 atom stereocenters. The molecule has 0 bridgehead atoms. The molecule has 0 aliphatic carbocycles. The molecule has 18 rings (SSSR count). The number of para-hydroxylation sites is 5. The van der Waals surface area contributed by atoms with Gasteiger partial charge in [-0.2, -0.15) is 0 Å². The third-order valence-corrected chi connectivity index (χ3v) is 29.8. The number of nitrogens with zero attached hydrogens (tertiary/aromatic N) is 6. The van der Waals surface area contributed by atoms with Crippen molar-refractivity contribution in [3.8, 4) is 149 Å². The zero-order chi connectivity index (χ0) is 100. The second-order valence-corrected chi connectivity index (χ2v) is 47.7. The van der Waals surface area contributed by atoms with E-state index in [9.17, 15) is 15.3 Å². The number of pyridine rings is 3. The predicted molar refractivity (Wildman–Crippen MR) is 597 cm³/mol. The van der Waals surface area contributed by atoms with Gasteiger partial charge in [-0.15, -0.1) is 121 Å². The largest absolute Gasteiger partial charge is 0.507 e. The Kier molecular flexibility index (Phi) is 33.9. The van der Waals surface area contributed by atoms with Crippen LogP contribution in [-0.2, 0) is 90.3 Å². The van der Waals surface area contributed by atoms with Gasteiger partial charge in [0.15, 0.2) is 0 Å². The van der Waals surface area contributed by atoms with Crippen LogP contribution in [0, 0.1) is 18.2 Å². The Bertz CT molecular complexity index is 7590. The third kappa shape index (κ3) is 24.3. The van der Waals surface area contributed by atoms with E-state index in [0.717, 1.165) is 146 Å². The standard InChI is InChI=1S/C48H55N2OS.C44H47N2OS.C36H31N2OS.3Pt/c1-28(2)31-20-32(29(3)4)22-33(21-31)30-18-19-49-41(23-30)38-26-36(39(47(8,9)10)27-40(38)48(11,12)13)37-24-34(46(5,6)7)25-43-44(37)50-45(52-43)35-16-14-15-17-42(35)51;1-26(2)29-20-30(27(3)4)22-31(21-29)28-18-19-45-38(23-28)35-24-34(36(43(5,6)7)25-37(35)44(8,9)10)32-15-13-17-40-41(32)46-42(48-40)33-14-11-12-16-39(33)47;1-22(2)27-18-28(23(3)4)20-29(19-27)24-15-16-37-32(21-24)26-10-7-9-25(17-26)30-12-8-14-34-35(30)38-36(40-34)31-11-5-6-13-33(31)39;;;/h14-25,27-29,51H,1-13H3;11-23,25-27,47H,1-10H3;5-16,18-23,39H,1-4H3;;;/q3*-1;;;. The van der Waals surface area contributed by atoms with E-state index in [1.165, 1.54) is 77.9 Å². The Morgan fingerprint density at radius 3 is 0.888 bits per heavy atom. The van der Waals surface area contributed by atoms with Gasteiger partial charge in [0.25, 0.3) is 0 Å². The van der Waals surface area contributed by atoms with Gasteiger partial charge < -0.3 is 15.3 Å². The summed E-state index contributed by atoms with van der Waals surface area (Å²) in [5, 5.41) is 34.3. The summed E-state index contributed by atoms with van der Waals surface area (Å²) in [5.74, 6) is 3.39. The molecule has 0 amide bonds. The van der Waals surface area contributed by atoms with Crippen molar-refractivity contribution in [2.45, 2.75) is 250 Å². The van der Waals surface area contributed by atoms with Gasteiger partial charge in [-0.3, -0.25) is 15.0 Å². The van der Waals surface area contributed by atoms with Gasteiger partial charge in [0.05, 0.1) is 33.2 Å². The average Bonchev–Trinajstić information content (AvgIpc) is 1.46. The minimum atomic E-state index is -0.176. The van der Waals surface area contributed by atoms with Crippen LogP contribution in [0.25, 0.3) is 163 Å². The van der Waals surface area contributed by atoms with Gasteiger partial charge in [-0.05, 0) is 208 Å². The van der Waals surface area contributed by atoms with Crippen molar-refractivity contribution in [1.82, 2.24) is 29.9 Å². The van der Waals surface area contributed by atoms with Crippen molar-refractivity contribution >= 4 is 64.7 Å². The Labute approximate surface area is 904 Å². The molecular weight excluding hydrogens is 2350 g/mol. The second-order valence-electron chi connectivity index (χ2n) is 44.6. The Morgan fingerprint density at radius 1 is 0.245 bits per heavy atom. The number of benzene rings is 12. The van der Waals surface area contributed by atoms with Crippen LogP contribution in [0.1, 0.15) is 284 Å². The fourth-order valence-electron chi connectivity index (χ4n) is 18.1. The van der Waals surface area contributed by atoms with Gasteiger partial charge in [-0.25, -0.2) is 15.0 Å². The first-order valence-electron chi connectivity index (χ1n) is 49.4. The van der Waals surface area contributed by atoms with Gasteiger partial charge >= 0.3 is 0 Å². The Hall–Kier alpha value is -10.8. The minimum absolute atomic E-state index is 0. The molecule has 6 heterocycles. The van der Waals surface area contributed by atoms with Crippen molar-refractivity contribution in [1.29, 1.82) is 0 Å². The number of phenolic OH excluding ortho intramolecular Hbond substituents is 3. The summed E-state index contributed by atoms with van der Waals surface area (Å²) in [6.45, 7) is 61.3. The van der Waals surface area contributed by atoms with Crippen molar-refractivity contribution in [2.24, 2.45) is 0 Å². The predicted octanol–water partition coefficient (Wildman–Crippen LogP) is 36.8. The van der Waals surface area contributed by atoms with E-state index in [0.29, 0.717) is 35.5 Å². The minimum Gasteiger partial charge on any atom is -0.507 e. The van der Waals surface area contributed by atoms with Crippen LogP contribution in [0.3, 0.4) is 0 Å². The Balaban J connectivity index is 0.000000179. The van der Waals surface area contributed by atoms with Crippen LogP contribution >= 0.6 is 34.0 Å². The number of phenols is 3. The van der Waals surface area contributed by atoms with Crippen molar-refractivity contribution in [3.05, 3.63) is 341 Å². The van der Waals surface area contributed by atoms with Gasteiger partial charge in [0, 0.05) is 113 Å². The number of rotatable bonds is 18. The SMILES string of the molecule is CC(C)c1cc(-c2ccnc(-c3[c-]c(-c4cc(C(C)(C)C)cc5sc(-c6ccccc6O)nc45)c(C(C)(C)C)cc3C(C)(C)C)c2)cc(C(C)C)c1.CC(C)c1cc(-c2ccnc(-c3[c-]c(-c4cccc5sc(-c6ccccc6O)nc45)c(C(C)(C)C)cc3C(C)(C)C)c2)cc(C(C)C)c1.CC(C)c1cc(-c2ccnc(-c3[c-]c(-c4cccc5sc(-c6ccccc6O)nc45)ccc3)c2)cc(C(C)C)c1.[Pt].[Pt].[Pt]. The third-order valence-electron chi connectivity index (χ3n) is 26.6. The first-order valence-corrected chi connectivity index (χ1v) is 51.9. The summed E-state index contributed by atoms with van der Waals surface area (Å²) in [6, 6.07) is 96.1. The summed E-state index contributed by atoms with van der Waals surface area (Å²) in [5.41, 5.74) is 37.6. The van der Waals surface area contributed by atoms with Gasteiger partial charge in [-0.1, -0.05) is 360 Å². The summed E-state index contributed by atoms with van der Waals surface area (Å²) in [4.78, 5) is 30.1. The van der Waals surface area contributed by atoms with Crippen LogP contribution in [0.15, 0.2) is 261 Å². The number of fused-ring (bicyclic) bond motifs is 3. The van der Waals surface area contributed by atoms with Crippen LogP contribution in [0.5, 0.6) is 17.2 Å². The summed E-state index contributed by atoms with van der Waals surface area (Å²) >= 11 is 4.82. The zero-order valence-corrected chi connectivity index (χ0v) is 96.8. The van der Waals surface area contributed by atoms with Crippen LogP contribution < -0.4 is 0 Å². The average molecular weight is 2480 g/mol. The smallest absolute Gasteiger partial charge is 0.127 e. The first-order chi connectivity index (χ1) is 66.2. The number of thiazole rings is 3. The number of aromatic hydroxyl groups is 3. The molecule has 0 spiro atoms. The molecule has 143 heavy (non-hydrogen) atoms. The van der Waals surface area contributed by atoms with E-state index < -0.39 is 0 Å². The molecule has 0 aliphatic rings. The van der Waals surface area contributed by atoms with Gasteiger partial charge in [0.2, 0.25) is 0 Å². The second kappa shape index (κ2) is 44.3. The van der Waals surface area contributed by atoms with E-state index in [1.807, 2.05) is 73.2 Å². The molecule has 0 radical (unpaired) electrons. The van der Waals surface area contributed by atoms with Crippen molar-refractivity contribution in [2.75, 3.05) is 0 Å². The molecule has 0 aliphatic heterocycles.